The van der Waals surface area contributed by atoms with Crippen LogP contribution in [0.15, 0.2) is 65.1 Å². The second-order valence-corrected chi connectivity index (χ2v) is 8.34. The number of hydrogen-bond donors (Lipinski definition) is 4. The highest BCUT2D eigenvalue weighted by molar-refractivity contribution is 9.10. The lowest BCUT2D eigenvalue weighted by atomic mass is 10.1. The molecule has 4 N–H and O–H groups in total. The van der Waals surface area contributed by atoms with Crippen LogP contribution in [0.2, 0.25) is 0 Å². The first-order chi connectivity index (χ1) is 16.9. The van der Waals surface area contributed by atoms with Crippen LogP contribution < -0.4 is 10.6 Å². The van der Waals surface area contributed by atoms with Gasteiger partial charge in [0.15, 0.2) is 5.82 Å². The predicted octanol–water partition coefficient (Wildman–Crippen LogP) is 4.89. The van der Waals surface area contributed by atoms with Gasteiger partial charge in [-0.3, -0.25) is 9.59 Å². The van der Waals surface area contributed by atoms with Crippen LogP contribution in [-0.2, 0) is 0 Å². The molecule has 5 aromatic rings. The van der Waals surface area contributed by atoms with Crippen molar-refractivity contribution < 1.29 is 18.4 Å². The average Bonchev–Trinajstić information content (AvgIpc) is 3.51. The van der Waals surface area contributed by atoms with Crippen molar-refractivity contribution >= 4 is 50.0 Å². The van der Waals surface area contributed by atoms with Crippen LogP contribution in [0.5, 0.6) is 0 Å². The minimum atomic E-state index is -0.978. The summed E-state index contributed by atoms with van der Waals surface area (Å²) in [6.45, 7) is 0. The lowest BCUT2D eigenvalue weighted by molar-refractivity contribution is 0.101. The minimum absolute atomic E-state index is 0.222. The van der Waals surface area contributed by atoms with Crippen molar-refractivity contribution in [3.8, 4) is 11.4 Å². The Morgan fingerprint density at radius 2 is 1.74 bits per heavy atom. The summed E-state index contributed by atoms with van der Waals surface area (Å²) in [5, 5.41) is 19.8. The third-order valence-corrected chi connectivity index (χ3v) is 5.65. The maximum absolute atomic E-state index is 14.0. The lowest BCUT2D eigenvalue weighted by Crippen LogP contribution is -2.14. The van der Waals surface area contributed by atoms with Gasteiger partial charge in [-0.15, -0.1) is 5.10 Å². The zero-order valence-electron chi connectivity index (χ0n) is 17.6. The van der Waals surface area contributed by atoms with E-state index >= 15 is 0 Å². The normalized spacial score (nSPS) is 10.9. The van der Waals surface area contributed by atoms with Gasteiger partial charge in [0.25, 0.3) is 11.8 Å². The van der Waals surface area contributed by atoms with Crippen molar-refractivity contribution in [1.82, 2.24) is 25.6 Å². The largest absolute Gasteiger partial charge is 0.349 e. The molecule has 174 valence electrons. The van der Waals surface area contributed by atoms with Crippen molar-refractivity contribution in [2.45, 2.75) is 0 Å². The third kappa shape index (κ3) is 4.51. The number of H-pyrrole nitrogens is 2. The maximum Gasteiger partial charge on any atom is 0.272 e. The molecule has 0 saturated carbocycles. The molecule has 0 spiro atoms. The van der Waals surface area contributed by atoms with Gasteiger partial charge in [0, 0.05) is 21.5 Å². The van der Waals surface area contributed by atoms with Gasteiger partial charge in [0.2, 0.25) is 0 Å². The van der Waals surface area contributed by atoms with Crippen molar-refractivity contribution in [2.75, 3.05) is 10.6 Å². The highest BCUT2D eigenvalue weighted by atomic mass is 79.9. The van der Waals surface area contributed by atoms with E-state index < -0.39 is 23.4 Å². The highest BCUT2D eigenvalue weighted by Gasteiger charge is 2.18. The summed E-state index contributed by atoms with van der Waals surface area (Å²) in [4.78, 5) is 28.6. The number of rotatable bonds is 5. The quantitative estimate of drug-likeness (QED) is 0.253. The zero-order chi connectivity index (χ0) is 24.5. The summed E-state index contributed by atoms with van der Waals surface area (Å²) in [7, 11) is 0. The van der Waals surface area contributed by atoms with E-state index in [0.29, 0.717) is 39.7 Å². The molecule has 0 unspecified atom stereocenters. The van der Waals surface area contributed by atoms with Crippen LogP contribution in [0, 0.1) is 11.6 Å². The fraction of sp³-hybridized carbons (Fsp3) is 0. The van der Waals surface area contributed by atoms with E-state index in [1.807, 2.05) is 0 Å². The van der Waals surface area contributed by atoms with E-state index in [2.05, 4.69) is 52.2 Å². The number of aromatic nitrogens is 5. The molecular weight excluding hydrogens is 524 g/mol. The molecule has 5 rings (SSSR count). The van der Waals surface area contributed by atoms with Crippen LogP contribution in [0.4, 0.5) is 20.2 Å². The summed E-state index contributed by atoms with van der Waals surface area (Å²) >= 11 is 3.39. The summed E-state index contributed by atoms with van der Waals surface area (Å²) in [6, 6.07) is 14.6. The molecule has 0 saturated heterocycles. The average molecular weight is 538 g/mol. The molecule has 9 nitrogen and oxygen atoms in total. The number of fused-ring (bicyclic) bond motifs is 1. The molecule has 2 amide bonds. The Balaban J connectivity index is 1.43. The van der Waals surface area contributed by atoms with Gasteiger partial charge in [-0.25, -0.2) is 13.9 Å². The van der Waals surface area contributed by atoms with Crippen molar-refractivity contribution in [3.63, 3.8) is 0 Å². The van der Waals surface area contributed by atoms with E-state index in [1.54, 1.807) is 42.5 Å². The number of nitrogens with zero attached hydrogens (tertiary/aromatic N) is 3. The lowest BCUT2D eigenvalue weighted by Gasteiger charge is -2.09. The maximum atomic E-state index is 14.0. The molecule has 0 bridgehead atoms. The summed E-state index contributed by atoms with van der Waals surface area (Å²) in [6.07, 6.45) is 0. The number of halogens is 3. The monoisotopic (exact) mass is 537 g/mol. The number of carbonyl (C=O) groups is 2. The molecule has 12 heteroatoms. The van der Waals surface area contributed by atoms with Gasteiger partial charge in [-0.1, -0.05) is 28.1 Å². The number of carbonyl (C=O) groups excluding carboxylic acids is 2. The molecule has 0 aliphatic heterocycles. The first-order valence-electron chi connectivity index (χ1n) is 10.1. The fourth-order valence-corrected chi connectivity index (χ4v) is 3.89. The Kier molecular flexibility index (Phi) is 5.79. The Labute approximate surface area is 204 Å². The zero-order valence-corrected chi connectivity index (χ0v) is 19.2. The molecule has 0 radical (unpaired) electrons. The van der Waals surface area contributed by atoms with Gasteiger partial charge in [0.1, 0.15) is 17.3 Å². The topological polar surface area (TPSA) is 128 Å². The molecule has 0 aliphatic rings. The molecule has 3 aromatic carbocycles. The van der Waals surface area contributed by atoms with Crippen LogP contribution in [0.1, 0.15) is 20.8 Å². The highest BCUT2D eigenvalue weighted by Crippen LogP contribution is 2.30. The Morgan fingerprint density at radius 1 is 0.914 bits per heavy atom. The van der Waals surface area contributed by atoms with Gasteiger partial charge >= 0.3 is 0 Å². The standard InChI is InChI=1S/C23H14BrF2N7O2/c24-12-4-7-17(15(9-12)21-30-32-33-31-21)28-23(35)19-8-11-2-1-3-18(20(11)27-19)29-22(34)14-6-5-13(25)10-16(14)26/h1-10,27H,(H,28,35)(H,29,34)(H,30,31,32,33). The molecule has 35 heavy (non-hydrogen) atoms. The number of nitrogens with one attached hydrogen (secondary N) is 4. The Bertz CT molecular complexity index is 1580. The van der Waals surface area contributed by atoms with Crippen molar-refractivity contribution in [3.05, 3.63) is 88.0 Å². The van der Waals surface area contributed by atoms with Crippen LogP contribution >= 0.6 is 15.9 Å². The summed E-state index contributed by atoms with van der Waals surface area (Å²) < 4.78 is 28.0. The van der Waals surface area contributed by atoms with Gasteiger partial charge in [-0.2, -0.15) is 0 Å². The summed E-state index contributed by atoms with van der Waals surface area (Å²) in [5.41, 5.74) is 1.74. The Hall–Kier alpha value is -4.45. The third-order valence-electron chi connectivity index (χ3n) is 5.16. The number of para-hydroxylation sites is 1. The number of anilines is 2. The first-order valence-corrected chi connectivity index (χ1v) is 10.9. The van der Waals surface area contributed by atoms with Crippen molar-refractivity contribution in [2.24, 2.45) is 0 Å². The van der Waals surface area contributed by atoms with Crippen LogP contribution in [-0.4, -0.2) is 37.4 Å². The molecule has 0 fully saturated rings. The number of benzene rings is 3. The first kappa shape index (κ1) is 22.3. The van der Waals surface area contributed by atoms with E-state index in [1.165, 1.54) is 0 Å². The van der Waals surface area contributed by atoms with Gasteiger partial charge in [0.05, 0.1) is 22.5 Å². The van der Waals surface area contributed by atoms with Crippen LogP contribution in [0.25, 0.3) is 22.3 Å². The number of amides is 2. The van der Waals surface area contributed by atoms with Crippen molar-refractivity contribution in [1.29, 1.82) is 0 Å². The van der Waals surface area contributed by atoms with E-state index in [0.717, 1.165) is 16.6 Å². The number of tetrazole rings is 1. The van der Waals surface area contributed by atoms with E-state index in [9.17, 15) is 18.4 Å². The number of aromatic amines is 2. The summed E-state index contributed by atoms with van der Waals surface area (Å²) in [5.74, 6) is -2.59. The number of hydrogen-bond acceptors (Lipinski definition) is 5. The van der Waals surface area contributed by atoms with Gasteiger partial charge < -0.3 is 15.6 Å². The second kappa shape index (κ2) is 9.06. The van der Waals surface area contributed by atoms with Gasteiger partial charge in [-0.05, 0) is 52.9 Å². The molecule has 2 heterocycles. The van der Waals surface area contributed by atoms with E-state index in [4.69, 9.17) is 0 Å². The fourth-order valence-electron chi connectivity index (χ4n) is 3.53. The molecular formula is C23H14BrF2N7O2. The molecule has 0 atom stereocenters. The second-order valence-electron chi connectivity index (χ2n) is 7.42. The molecule has 0 aliphatic carbocycles. The molecule has 2 aromatic heterocycles. The smallest absolute Gasteiger partial charge is 0.272 e. The van der Waals surface area contributed by atoms with Crippen LogP contribution in [0.3, 0.4) is 0 Å². The SMILES string of the molecule is O=C(Nc1ccc(Br)cc1-c1nnn[nH]1)c1cc2cccc(NC(=O)c3ccc(F)cc3F)c2[nH]1. The van der Waals surface area contributed by atoms with E-state index in [-0.39, 0.29) is 11.3 Å². The Morgan fingerprint density at radius 3 is 2.51 bits per heavy atom. The minimum Gasteiger partial charge on any atom is -0.349 e. The predicted molar refractivity (Wildman–Crippen MR) is 128 cm³/mol.